The lowest BCUT2D eigenvalue weighted by Crippen LogP contribution is -2.42. The van der Waals surface area contributed by atoms with Gasteiger partial charge in [-0.1, -0.05) is 54.1 Å². The minimum Gasteiger partial charge on any atom is -0.480 e. The fourth-order valence-corrected chi connectivity index (χ4v) is 4.73. The van der Waals surface area contributed by atoms with Crippen LogP contribution in [0.2, 0.25) is 5.02 Å². The van der Waals surface area contributed by atoms with E-state index in [1.807, 2.05) is 43.3 Å². The molecule has 0 fully saturated rings. The molecule has 0 saturated heterocycles. The molecule has 0 bridgehead atoms. The molecule has 192 valence electrons. The van der Waals surface area contributed by atoms with Crippen molar-refractivity contribution in [3.05, 3.63) is 105 Å². The Bertz CT molecular complexity index is 1700. The van der Waals surface area contributed by atoms with Gasteiger partial charge in [-0.05, 0) is 48.2 Å². The van der Waals surface area contributed by atoms with Gasteiger partial charge in [-0.15, -0.1) is 0 Å². The average molecular weight is 530 g/mol. The van der Waals surface area contributed by atoms with Crippen LogP contribution in [0.5, 0.6) is 0 Å². The van der Waals surface area contributed by atoms with Crippen LogP contribution in [0, 0.1) is 6.92 Å². The molecule has 0 aliphatic heterocycles. The van der Waals surface area contributed by atoms with Crippen molar-refractivity contribution >= 4 is 45.4 Å². The molecule has 7 nitrogen and oxygen atoms in total. The number of fused-ring (bicyclic) bond motifs is 2. The molecule has 1 unspecified atom stereocenters. The fraction of sp³-hybridized carbons (Fsp3) is 0.167. The molecule has 2 aromatic heterocycles. The molecule has 0 saturated carbocycles. The van der Waals surface area contributed by atoms with Crippen molar-refractivity contribution in [3.63, 3.8) is 0 Å². The molecular formula is C30H24ClNO6. The maximum atomic E-state index is 12.8. The van der Waals surface area contributed by atoms with Gasteiger partial charge in [-0.3, -0.25) is 4.79 Å². The van der Waals surface area contributed by atoms with Crippen LogP contribution in [0.25, 0.3) is 33.1 Å². The van der Waals surface area contributed by atoms with Crippen molar-refractivity contribution < 1.29 is 23.5 Å². The quantitative estimate of drug-likeness (QED) is 0.242. The van der Waals surface area contributed by atoms with Gasteiger partial charge in [0.15, 0.2) is 0 Å². The number of amides is 1. The second-order valence-electron chi connectivity index (χ2n) is 9.14. The number of carboxylic acid groups (broad SMARTS) is 1. The summed E-state index contributed by atoms with van der Waals surface area (Å²) in [5.41, 5.74) is 4.21. The van der Waals surface area contributed by atoms with Gasteiger partial charge in [0.1, 0.15) is 17.2 Å². The number of carboxylic acids is 1. The van der Waals surface area contributed by atoms with E-state index in [2.05, 4.69) is 5.32 Å². The number of nitrogens with one attached hydrogen (secondary N) is 1. The average Bonchev–Trinajstić information content (AvgIpc) is 3.31. The standard InChI is InChI=1S/C30H24ClNO6/c1-17-21(11-12-28(33)32-25(29(34)35)13-18-7-9-20(31)10-8-18)30(36)38-27-15-26-23(14-22(17)27)24(16-37-26)19-5-3-2-4-6-19/h2-10,14-16,25H,11-13H2,1H3,(H,32,33)(H,34,35). The van der Waals surface area contributed by atoms with Gasteiger partial charge >= 0.3 is 11.6 Å². The van der Waals surface area contributed by atoms with Gasteiger partial charge < -0.3 is 19.3 Å². The summed E-state index contributed by atoms with van der Waals surface area (Å²) in [4.78, 5) is 37.2. The smallest absolute Gasteiger partial charge is 0.339 e. The first-order chi connectivity index (χ1) is 18.3. The van der Waals surface area contributed by atoms with Crippen molar-refractivity contribution in [1.82, 2.24) is 5.32 Å². The number of benzene rings is 3. The molecule has 0 spiro atoms. The van der Waals surface area contributed by atoms with E-state index in [1.54, 1.807) is 36.6 Å². The van der Waals surface area contributed by atoms with Crippen LogP contribution in [0.4, 0.5) is 0 Å². The maximum absolute atomic E-state index is 12.8. The highest BCUT2D eigenvalue weighted by Gasteiger charge is 2.22. The van der Waals surface area contributed by atoms with Gasteiger partial charge in [0.05, 0.1) is 6.26 Å². The van der Waals surface area contributed by atoms with E-state index >= 15 is 0 Å². The molecule has 2 heterocycles. The lowest BCUT2D eigenvalue weighted by Gasteiger charge is -2.15. The van der Waals surface area contributed by atoms with Crippen LogP contribution >= 0.6 is 11.6 Å². The molecule has 0 aliphatic carbocycles. The highest BCUT2D eigenvalue weighted by molar-refractivity contribution is 6.30. The number of furan rings is 1. The van der Waals surface area contributed by atoms with E-state index in [-0.39, 0.29) is 19.3 Å². The Morgan fingerprint density at radius 2 is 1.74 bits per heavy atom. The zero-order valence-corrected chi connectivity index (χ0v) is 21.2. The maximum Gasteiger partial charge on any atom is 0.339 e. The van der Waals surface area contributed by atoms with E-state index in [4.69, 9.17) is 20.4 Å². The summed E-state index contributed by atoms with van der Waals surface area (Å²) in [6.07, 6.45) is 1.84. The van der Waals surface area contributed by atoms with Gasteiger partial charge in [0.25, 0.3) is 0 Å². The van der Waals surface area contributed by atoms with E-state index in [9.17, 15) is 19.5 Å². The summed E-state index contributed by atoms with van der Waals surface area (Å²) in [5.74, 6) is -1.62. The topological polar surface area (TPSA) is 110 Å². The van der Waals surface area contributed by atoms with Gasteiger partial charge in [-0.25, -0.2) is 9.59 Å². The Kier molecular flexibility index (Phi) is 7.03. The van der Waals surface area contributed by atoms with Crippen LogP contribution in [0.1, 0.15) is 23.1 Å². The summed E-state index contributed by atoms with van der Waals surface area (Å²) in [6, 6.07) is 19.1. The zero-order valence-electron chi connectivity index (χ0n) is 20.5. The monoisotopic (exact) mass is 529 g/mol. The summed E-state index contributed by atoms with van der Waals surface area (Å²) in [5, 5.41) is 14.3. The molecule has 5 aromatic rings. The summed E-state index contributed by atoms with van der Waals surface area (Å²) >= 11 is 5.89. The van der Waals surface area contributed by atoms with Crippen LogP contribution in [0.3, 0.4) is 0 Å². The van der Waals surface area contributed by atoms with E-state index in [1.165, 1.54) is 0 Å². The number of halogens is 1. The van der Waals surface area contributed by atoms with Crippen LogP contribution in [-0.4, -0.2) is 23.0 Å². The number of aryl methyl sites for hydroxylation is 1. The number of hydrogen-bond acceptors (Lipinski definition) is 5. The lowest BCUT2D eigenvalue weighted by molar-refractivity contribution is -0.141. The third kappa shape index (κ3) is 5.19. The fourth-order valence-electron chi connectivity index (χ4n) is 4.60. The van der Waals surface area contributed by atoms with Crippen LogP contribution < -0.4 is 10.9 Å². The molecule has 3 aromatic carbocycles. The summed E-state index contributed by atoms with van der Waals surface area (Å²) < 4.78 is 11.3. The molecule has 5 rings (SSSR count). The first-order valence-electron chi connectivity index (χ1n) is 12.1. The van der Waals surface area contributed by atoms with E-state index in [0.717, 1.165) is 27.5 Å². The van der Waals surface area contributed by atoms with E-state index < -0.39 is 23.5 Å². The van der Waals surface area contributed by atoms with Gasteiger partial charge in [0, 0.05) is 45.8 Å². The van der Waals surface area contributed by atoms with Crippen LogP contribution in [-0.2, 0) is 22.4 Å². The van der Waals surface area contributed by atoms with Crippen molar-refractivity contribution in [2.75, 3.05) is 0 Å². The Morgan fingerprint density at radius 3 is 2.45 bits per heavy atom. The third-order valence-electron chi connectivity index (χ3n) is 6.65. The summed E-state index contributed by atoms with van der Waals surface area (Å²) in [7, 11) is 0. The van der Waals surface area contributed by atoms with E-state index in [0.29, 0.717) is 27.3 Å². The van der Waals surface area contributed by atoms with Crippen molar-refractivity contribution in [3.8, 4) is 11.1 Å². The molecule has 8 heteroatoms. The minimum absolute atomic E-state index is 0.0648. The van der Waals surface area contributed by atoms with Gasteiger partial charge in [0.2, 0.25) is 5.91 Å². The summed E-state index contributed by atoms with van der Waals surface area (Å²) in [6.45, 7) is 1.82. The second-order valence-corrected chi connectivity index (χ2v) is 9.58. The number of carbonyl (C=O) groups is 2. The molecular weight excluding hydrogens is 506 g/mol. The number of rotatable bonds is 8. The molecule has 1 amide bonds. The SMILES string of the molecule is Cc1c(CCC(=O)NC(Cc2ccc(Cl)cc2)C(=O)O)c(=O)oc2cc3occ(-c4ccccc4)c3cc12. The largest absolute Gasteiger partial charge is 0.480 e. The van der Waals surface area contributed by atoms with Crippen molar-refractivity contribution in [2.24, 2.45) is 0 Å². The Morgan fingerprint density at radius 1 is 1.00 bits per heavy atom. The predicted octanol–water partition coefficient (Wildman–Crippen LogP) is 5.91. The second kappa shape index (κ2) is 10.6. The molecule has 38 heavy (non-hydrogen) atoms. The van der Waals surface area contributed by atoms with Crippen molar-refractivity contribution in [2.45, 2.75) is 32.2 Å². The Balaban J connectivity index is 1.37. The third-order valence-corrected chi connectivity index (χ3v) is 6.91. The molecule has 0 aliphatic rings. The molecule has 1 atom stereocenters. The van der Waals surface area contributed by atoms with Crippen molar-refractivity contribution in [1.29, 1.82) is 0 Å². The van der Waals surface area contributed by atoms with Gasteiger partial charge in [-0.2, -0.15) is 0 Å². The molecule has 0 radical (unpaired) electrons. The normalized spacial score (nSPS) is 12.1. The minimum atomic E-state index is -1.15. The predicted molar refractivity (Wildman–Crippen MR) is 145 cm³/mol. The lowest BCUT2D eigenvalue weighted by atomic mass is 9.98. The van der Waals surface area contributed by atoms with Crippen LogP contribution in [0.15, 0.2) is 86.6 Å². The first-order valence-corrected chi connectivity index (χ1v) is 12.5. The zero-order chi connectivity index (χ0) is 26.8. The Hall–Kier alpha value is -4.36. The molecule has 2 N–H and O–H groups in total. The number of hydrogen-bond donors (Lipinski definition) is 2. The number of aliphatic carboxylic acids is 1. The Labute approximate surface area is 222 Å². The number of carbonyl (C=O) groups excluding carboxylic acids is 1. The highest BCUT2D eigenvalue weighted by Crippen LogP contribution is 2.34. The highest BCUT2D eigenvalue weighted by atomic mass is 35.5. The first kappa shape index (κ1) is 25.3.